The van der Waals surface area contributed by atoms with Crippen molar-refractivity contribution in [3.05, 3.63) is 35.2 Å². The van der Waals surface area contributed by atoms with Gasteiger partial charge in [-0.1, -0.05) is 32.0 Å². The molecule has 0 aliphatic rings. The molecule has 0 aliphatic carbocycles. The van der Waals surface area contributed by atoms with E-state index in [-0.39, 0.29) is 0 Å². The molecule has 0 saturated heterocycles. The molecule has 1 N–H and O–H groups in total. The molecule has 0 bridgehead atoms. The molecule has 0 radical (unpaired) electrons. The Kier molecular flexibility index (Phi) is 3.62. The Morgan fingerprint density at radius 1 is 1.25 bits per heavy atom. The highest BCUT2D eigenvalue weighted by Crippen LogP contribution is 2.32. The van der Waals surface area contributed by atoms with Crippen LogP contribution >= 0.6 is 11.3 Å². The van der Waals surface area contributed by atoms with Crippen LogP contribution < -0.4 is 5.32 Å². The van der Waals surface area contributed by atoms with Crippen molar-refractivity contribution in [3.8, 4) is 0 Å². The quantitative estimate of drug-likeness (QED) is 0.834. The fraction of sp³-hybridized carbons (Fsp3) is 0.429. The molecule has 0 aliphatic heterocycles. The number of hydrogen-bond acceptors (Lipinski definition) is 2. The van der Waals surface area contributed by atoms with Crippen LogP contribution in [0.25, 0.3) is 10.1 Å². The molecule has 1 aromatic carbocycles. The zero-order valence-electron chi connectivity index (χ0n) is 10.2. The average Bonchev–Trinajstić information content (AvgIpc) is 2.68. The second kappa shape index (κ2) is 4.98. The third-order valence-corrected chi connectivity index (χ3v) is 4.07. The maximum Gasteiger partial charge on any atom is 0.0415 e. The number of benzene rings is 1. The zero-order valence-corrected chi connectivity index (χ0v) is 11.0. The highest BCUT2D eigenvalue weighted by molar-refractivity contribution is 7.19. The molecule has 1 nitrogen and oxygen atoms in total. The van der Waals surface area contributed by atoms with Gasteiger partial charge in [-0.3, -0.25) is 0 Å². The molecule has 0 spiro atoms. The van der Waals surface area contributed by atoms with E-state index in [1.807, 2.05) is 11.3 Å². The van der Waals surface area contributed by atoms with E-state index in [0.717, 1.165) is 5.92 Å². The molecule has 2 heteroatoms. The van der Waals surface area contributed by atoms with Crippen molar-refractivity contribution in [3.63, 3.8) is 0 Å². The Balaban J connectivity index is 2.30. The molecule has 1 atom stereocenters. The van der Waals surface area contributed by atoms with Crippen LogP contribution in [0.5, 0.6) is 0 Å². The highest BCUT2D eigenvalue weighted by Gasteiger charge is 2.13. The molecule has 86 valence electrons. The second-order valence-corrected chi connectivity index (χ2v) is 5.77. The van der Waals surface area contributed by atoms with Crippen LogP contribution in [0.15, 0.2) is 30.3 Å². The third-order valence-electron chi connectivity index (χ3n) is 2.84. The normalized spacial score (nSPS) is 13.5. The van der Waals surface area contributed by atoms with Gasteiger partial charge in [-0.25, -0.2) is 0 Å². The van der Waals surface area contributed by atoms with Gasteiger partial charge in [-0.15, -0.1) is 11.3 Å². The first-order chi connectivity index (χ1) is 7.70. The summed E-state index contributed by atoms with van der Waals surface area (Å²) in [6.45, 7) is 4.55. The first-order valence-corrected chi connectivity index (χ1v) is 6.68. The molecular weight excluding hydrogens is 214 g/mol. The van der Waals surface area contributed by atoms with Crippen molar-refractivity contribution in [2.24, 2.45) is 5.92 Å². The van der Waals surface area contributed by atoms with Gasteiger partial charge < -0.3 is 5.32 Å². The summed E-state index contributed by atoms with van der Waals surface area (Å²) < 4.78 is 1.39. The van der Waals surface area contributed by atoms with Gasteiger partial charge in [0, 0.05) is 15.6 Å². The minimum atomic E-state index is 0.498. The SMILES string of the molecule is CNC(CC(C)C)c1cc2ccccc2s1. The number of hydrogen-bond donors (Lipinski definition) is 1. The van der Waals surface area contributed by atoms with E-state index < -0.39 is 0 Å². The summed E-state index contributed by atoms with van der Waals surface area (Å²) >= 11 is 1.91. The fourth-order valence-corrected chi connectivity index (χ4v) is 3.21. The van der Waals surface area contributed by atoms with Gasteiger partial charge in [-0.2, -0.15) is 0 Å². The molecule has 0 fully saturated rings. The predicted molar refractivity (Wildman–Crippen MR) is 73.1 cm³/mol. The van der Waals surface area contributed by atoms with Gasteiger partial charge in [0.25, 0.3) is 0 Å². The summed E-state index contributed by atoms with van der Waals surface area (Å²) in [6, 6.07) is 11.4. The number of nitrogens with one attached hydrogen (secondary N) is 1. The Bertz CT molecular complexity index is 425. The first kappa shape index (κ1) is 11.6. The van der Waals surface area contributed by atoms with E-state index in [9.17, 15) is 0 Å². The van der Waals surface area contributed by atoms with Crippen LogP contribution in [0.1, 0.15) is 31.2 Å². The molecule has 1 heterocycles. The summed E-state index contributed by atoms with van der Waals surface area (Å²) in [5, 5.41) is 4.79. The van der Waals surface area contributed by atoms with Crippen LogP contribution in [-0.4, -0.2) is 7.05 Å². The predicted octanol–water partition coefficient (Wildman–Crippen LogP) is 4.21. The molecule has 2 rings (SSSR count). The van der Waals surface area contributed by atoms with E-state index in [0.29, 0.717) is 6.04 Å². The van der Waals surface area contributed by atoms with Crippen LogP contribution in [0, 0.1) is 5.92 Å². The third kappa shape index (κ3) is 2.45. The minimum Gasteiger partial charge on any atom is -0.312 e. The van der Waals surface area contributed by atoms with Crippen LogP contribution in [-0.2, 0) is 0 Å². The summed E-state index contributed by atoms with van der Waals surface area (Å²) in [5.41, 5.74) is 0. The van der Waals surface area contributed by atoms with Gasteiger partial charge in [0.05, 0.1) is 0 Å². The Morgan fingerprint density at radius 2 is 2.00 bits per heavy atom. The second-order valence-electron chi connectivity index (χ2n) is 4.66. The van der Waals surface area contributed by atoms with E-state index in [1.165, 1.54) is 21.4 Å². The minimum absolute atomic E-state index is 0.498. The number of thiophene rings is 1. The Hall–Kier alpha value is -0.860. The van der Waals surface area contributed by atoms with E-state index in [1.54, 1.807) is 0 Å². The van der Waals surface area contributed by atoms with E-state index in [2.05, 4.69) is 56.5 Å². The molecule has 2 aromatic rings. The van der Waals surface area contributed by atoms with Crippen molar-refractivity contribution in [1.29, 1.82) is 0 Å². The number of rotatable bonds is 4. The standard InChI is InChI=1S/C14H19NS/c1-10(2)8-12(15-3)14-9-11-6-4-5-7-13(11)16-14/h4-7,9-10,12,15H,8H2,1-3H3. The Morgan fingerprint density at radius 3 is 2.62 bits per heavy atom. The number of fused-ring (bicyclic) bond motifs is 1. The van der Waals surface area contributed by atoms with Gasteiger partial charge >= 0.3 is 0 Å². The van der Waals surface area contributed by atoms with Crippen LogP contribution in [0.4, 0.5) is 0 Å². The van der Waals surface area contributed by atoms with Crippen molar-refractivity contribution in [2.75, 3.05) is 7.05 Å². The van der Waals surface area contributed by atoms with E-state index in [4.69, 9.17) is 0 Å². The van der Waals surface area contributed by atoms with Gasteiger partial charge in [0.2, 0.25) is 0 Å². The lowest BCUT2D eigenvalue weighted by Gasteiger charge is -2.16. The van der Waals surface area contributed by atoms with Crippen LogP contribution in [0.2, 0.25) is 0 Å². The van der Waals surface area contributed by atoms with Crippen molar-refractivity contribution >= 4 is 21.4 Å². The molecule has 16 heavy (non-hydrogen) atoms. The smallest absolute Gasteiger partial charge is 0.0415 e. The highest BCUT2D eigenvalue weighted by atomic mass is 32.1. The molecule has 1 unspecified atom stereocenters. The van der Waals surface area contributed by atoms with Crippen LogP contribution in [0.3, 0.4) is 0 Å². The van der Waals surface area contributed by atoms with Crippen molar-refractivity contribution in [1.82, 2.24) is 5.32 Å². The lowest BCUT2D eigenvalue weighted by molar-refractivity contribution is 0.462. The van der Waals surface area contributed by atoms with Gasteiger partial charge in [0.15, 0.2) is 0 Å². The fourth-order valence-electron chi connectivity index (χ4n) is 2.02. The molecule has 0 amide bonds. The maximum absolute atomic E-state index is 3.42. The lowest BCUT2D eigenvalue weighted by Crippen LogP contribution is -2.16. The summed E-state index contributed by atoms with van der Waals surface area (Å²) in [7, 11) is 2.05. The Labute approximate surface area is 101 Å². The lowest BCUT2D eigenvalue weighted by atomic mass is 10.0. The monoisotopic (exact) mass is 233 g/mol. The average molecular weight is 233 g/mol. The van der Waals surface area contributed by atoms with E-state index >= 15 is 0 Å². The van der Waals surface area contributed by atoms with Crippen molar-refractivity contribution in [2.45, 2.75) is 26.3 Å². The maximum atomic E-state index is 3.42. The van der Waals surface area contributed by atoms with Crippen molar-refractivity contribution < 1.29 is 0 Å². The topological polar surface area (TPSA) is 12.0 Å². The molecule has 0 saturated carbocycles. The van der Waals surface area contributed by atoms with Gasteiger partial charge in [-0.05, 0) is 36.9 Å². The zero-order chi connectivity index (χ0) is 11.5. The largest absolute Gasteiger partial charge is 0.312 e. The summed E-state index contributed by atoms with van der Waals surface area (Å²) in [5.74, 6) is 0.725. The van der Waals surface area contributed by atoms with Gasteiger partial charge in [0.1, 0.15) is 0 Å². The summed E-state index contributed by atoms with van der Waals surface area (Å²) in [6.07, 6.45) is 1.20. The molecular formula is C14H19NS. The first-order valence-electron chi connectivity index (χ1n) is 5.86. The molecule has 1 aromatic heterocycles. The summed E-state index contributed by atoms with van der Waals surface area (Å²) in [4.78, 5) is 1.46.